The van der Waals surface area contributed by atoms with E-state index in [0.717, 1.165) is 4.90 Å². The third-order valence-electron chi connectivity index (χ3n) is 5.13. The minimum Gasteiger partial charge on any atom is -0.369 e. The van der Waals surface area contributed by atoms with E-state index in [4.69, 9.17) is 5.73 Å². The van der Waals surface area contributed by atoms with Gasteiger partial charge in [0.1, 0.15) is 12.1 Å². The molecule has 0 aromatic heterocycles. The molecule has 168 valence electrons. The second-order valence-electron chi connectivity index (χ2n) is 10.6. The summed E-state index contributed by atoms with van der Waals surface area (Å²) in [6.07, 6.45) is 0.411. The van der Waals surface area contributed by atoms with Crippen LogP contribution in [0.2, 0.25) is 0 Å². The molecule has 0 radical (unpaired) electrons. The summed E-state index contributed by atoms with van der Waals surface area (Å²) in [7, 11) is 1.41. The molecule has 0 unspecified atom stereocenters. The normalized spacial score (nSPS) is 22.8. The Morgan fingerprint density at radius 3 is 2.17 bits per heavy atom. The first kappa shape index (κ1) is 25.4. The number of nitrogens with two attached hydrogens (primary N) is 1. The van der Waals surface area contributed by atoms with Crippen molar-refractivity contribution >= 4 is 23.6 Å². The second kappa shape index (κ2) is 8.62. The number of nitriles is 1. The number of rotatable bonds is 4. The lowest BCUT2D eigenvalue weighted by molar-refractivity contribution is -0.152. The van der Waals surface area contributed by atoms with Gasteiger partial charge in [-0.3, -0.25) is 19.2 Å². The summed E-state index contributed by atoms with van der Waals surface area (Å²) in [5, 5.41) is 12.1. The molecule has 0 aliphatic carbocycles. The number of hydrogen-bond donors (Lipinski definition) is 2. The van der Waals surface area contributed by atoms with Gasteiger partial charge in [-0.05, 0) is 46.0 Å². The largest absolute Gasteiger partial charge is 0.369 e. The van der Waals surface area contributed by atoms with Crippen molar-refractivity contribution in [3.63, 3.8) is 0 Å². The van der Waals surface area contributed by atoms with Gasteiger partial charge >= 0.3 is 11.8 Å². The Kier molecular flexibility index (Phi) is 7.30. The number of likely N-dealkylation sites (tertiary alicyclic amines) is 1. The summed E-state index contributed by atoms with van der Waals surface area (Å²) in [6.45, 7) is 12.6. The van der Waals surface area contributed by atoms with Gasteiger partial charge in [-0.15, -0.1) is 0 Å². The highest BCUT2D eigenvalue weighted by Crippen LogP contribution is 2.36. The summed E-state index contributed by atoms with van der Waals surface area (Å²) >= 11 is 0. The van der Waals surface area contributed by atoms with Crippen LogP contribution < -0.4 is 11.1 Å². The smallest absolute Gasteiger partial charge is 0.312 e. The Morgan fingerprint density at radius 2 is 1.77 bits per heavy atom. The molecule has 4 amide bonds. The molecular formula is C21H35N5O4. The standard InChI is InChI=1S/C21H35N5O4/c1-19(2,3)10-14(25(8)17(29)15(27)24-20(4,5)6)16(28)26-12-21(7,18(23)30)9-13(26)11-22/h13-14H,9-10,12H2,1-8H3,(H2,23,30)(H,24,27)/t13-,14-,21-/m0/s1. The molecule has 1 fully saturated rings. The highest BCUT2D eigenvalue weighted by molar-refractivity contribution is 6.35. The van der Waals surface area contributed by atoms with Crippen molar-refractivity contribution in [2.75, 3.05) is 13.6 Å². The van der Waals surface area contributed by atoms with Crippen LogP contribution in [0.15, 0.2) is 0 Å². The zero-order valence-electron chi connectivity index (χ0n) is 19.3. The van der Waals surface area contributed by atoms with E-state index < -0.39 is 46.7 Å². The van der Waals surface area contributed by atoms with Gasteiger partial charge in [0.15, 0.2) is 0 Å². The predicted octanol–water partition coefficient (Wildman–Crippen LogP) is 0.780. The third kappa shape index (κ3) is 6.18. The van der Waals surface area contributed by atoms with Crippen LogP contribution in [0.1, 0.15) is 61.3 Å². The Morgan fingerprint density at radius 1 is 1.23 bits per heavy atom. The number of nitrogens with zero attached hydrogens (tertiary/aromatic N) is 3. The summed E-state index contributed by atoms with van der Waals surface area (Å²) in [5.41, 5.74) is 3.52. The number of hydrogen-bond acceptors (Lipinski definition) is 5. The lowest BCUT2D eigenvalue weighted by atomic mass is 9.86. The van der Waals surface area contributed by atoms with Crippen molar-refractivity contribution < 1.29 is 19.2 Å². The number of amides is 4. The van der Waals surface area contributed by atoms with Crippen molar-refractivity contribution in [3.8, 4) is 6.07 Å². The molecule has 30 heavy (non-hydrogen) atoms. The third-order valence-corrected chi connectivity index (χ3v) is 5.13. The number of primary amides is 1. The van der Waals surface area contributed by atoms with Crippen molar-refractivity contribution in [1.82, 2.24) is 15.1 Å². The summed E-state index contributed by atoms with van der Waals surface area (Å²) in [6, 6.07) is 0.266. The van der Waals surface area contributed by atoms with Crippen LogP contribution in [0.4, 0.5) is 0 Å². The van der Waals surface area contributed by atoms with Gasteiger partial charge in [0.25, 0.3) is 0 Å². The van der Waals surface area contributed by atoms with Gasteiger partial charge in [-0.1, -0.05) is 20.8 Å². The number of carbonyl (C=O) groups excluding carboxylic acids is 4. The maximum atomic E-state index is 13.5. The van der Waals surface area contributed by atoms with Gasteiger partial charge in [0.05, 0.1) is 11.5 Å². The molecule has 0 bridgehead atoms. The first-order valence-corrected chi connectivity index (χ1v) is 10.0. The number of carbonyl (C=O) groups is 4. The van der Waals surface area contributed by atoms with Gasteiger partial charge in [0, 0.05) is 19.1 Å². The fraction of sp³-hybridized carbons (Fsp3) is 0.762. The fourth-order valence-electron chi connectivity index (χ4n) is 3.47. The molecule has 3 atom stereocenters. The first-order valence-electron chi connectivity index (χ1n) is 10.0. The number of nitrogens with one attached hydrogen (secondary N) is 1. The monoisotopic (exact) mass is 421 g/mol. The van der Waals surface area contributed by atoms with Crippen molar-refractivity contribution in [2.45, 2.75) is 78.9 Å². The molecule has 0 spiro atoms. The summed E-state index contributed by atoms with van der Waals surface area (Å²) in [4.78, 5) is 52.9. The van der Waals surface area contributed by atoms with Gasteiger partial charge < -0.3 is 20.9 Å². The van der Waals surface area contributed by atoms with Gasteiger partial charge in [-0.25, -0.2) is 0 Å². The second-order valence-corrected chi connectivity index (χ2v) is 10.6. The topological polar surface area (TPSA) is 137 Å². The fourth-order valence-corrected chi connectivity index (χ4v) is 3.47. The lowest BCUT2D eigenvalue weighted by Gasteiger charge is -2.35. The van der Waals surface area contributed by atoms with Crippen LogP contribution in [0.3, 0.4) is 0 Å². The van der Waals surface area contributed by atoms with E-state index in [1.165, 1.54) is 11.9 Å². The van der Waals surface area contributed by atoms with E-state index in [2.05, 4.69) is 11.4 Å². The van der Waals surface area contributed by atoms with Crippen molar-refractivity contribution in [1.29, 1.82) is 5.26 Å². The van der Waals surface area contributed by atoms with Crippen LogP contribution in [0, 0.1) is 22.2 Å². The van der Waals surface area contributed by atoms with E-state index >= 15 is 0 Å². The predicted molar refractivity (Wildman–Crippen MR) is 112 cm³/mol. The number of likely N-dealkylation sites (N-methyl/N-ethyl adjacent to an activating group) is 1. The molecule has 0 saturated carbocycles. The van der Waals surface area contributed by atoms with Crippen LogP contribution in [0.25, 0.3) is 0 Å². The molecular weight excluding hydrogens is 386 g/mol. The SMILES string of the molecule is CN(C(=O)C(=O)NC(C)(C)C)[C@@H](CC(C)(C)C)C(=O)N1C[C@@](C)(C(N)=O)C[C@H]1C#N. The quantitative estimate of drug-likeness (QED) is 0.646. The van der Waals surface area contributed by atoms with E-state index in [9.17, 15) is 24.4 Å². The van der Waals surface area contributed by atoms with E-state index in [-0.39, 0.29) is 24.8 Å². The molecule has 1 heterocycles. The maximum absolute atomic E-state index is 13.5. The molecule has 9 heteroatoms. The van der Waals surface area contributed by atoms with Crippen LogP contribution in [-0.2, 0) is 19.2 Å². The molecule has 1 rings (SSSR count). The molecule has 3 N–H and O–H groups in total. The van der Waals surface area contributed by atoms with Crippen molar-refractivity contribution in [2.24, 2.45) is 16.6 Å². The average molecular weight is 422 g/mol. The van der Waals surface area contributed by atoms with E-state index in [0.29, 0.717) is 0 Å². The molecule has 1 aliphatic rings. The van der Waals surface area contributed by atoms with Gasteiger partial charge in [0.2, 0.25) is 11.8 Å². The van der Waals surface area contributed by atoms with E-state index in [1.807, 2.05) is 20.8 Å². The van der Waals surface area contributed by atoms with E-state index in [1.54, 1.807) is 27.7 Å². The Balaban J connectivity index is 3.23. The Bertz CT molecular complexity index is 759. The van der Waals surface area contributed by atoms with Crippen LogP contribution in [-0.4, -0.2) is 64.6 Å². The molecule has 0 aromatic rings. The zero-order chi connectivity index (χ0) is 23.7. The first-order chi connectivity index (χ1) is 13.4. The Hall–Kier alpha value is -2.63. The maximum Gasteiger partial charge on any atom is 0.312 e. The minimum atomic E-state index is -1.02. The highest BCUT2D eigenvalue weighted by Gasteiger charge is 2.49. The van der Waals surface area contributed by atoms with Crippen LogP contribution in [0.5, 0.6) is 0 Å². The lowest BCUT2D eigenvalue weighted by Crippen LogP contribution is -2.56. The highest BCUT2D eigenvalue weighted by atomic mass is 16.2. The molecule has 9 nitrogen and oxygen atoms in total. The molecule has 0 aromatic carbocycles. The summed E-state index contributed by atoms with van der Waals surface area (Å²) in [5.74, 6) is -2.70. The molecule has 1 aliphatic heterocycles. The average Bonchev–Trinajstić information content (AvgIpc) is 2.94. The van der Waals surface area contributed by atoms with Crippen molar-refractivity contribution in [3.05, 3.63) is 0 Å². The Labute approximate surface area is 178 Å². The summed E-state index contributed by atoms with van der Waals surface area (Å²) < 4.78 is 0. The zero-order valence-corrected chi connectivity index (χ0v) is 19.3. The molecule has 1 saturated heterocycles. The van der Waals surface area contributed by atoms with Crippen LogP contribution >= 0.6 is 0 Å². The van der Waals surface area contributed by atoms with Gasteiger partial charge in [-0.2, -0.15) is 5.26 Å². The minimum absolute atomic E-state index is 0.00372.